The lowest BCUT2D eigenvalue weighted by Gasteiger charge is -2.27. The van der Waals surface area contributed by atoms with Gasteiger partial charge in [-0.1, -0.05) is 0 Å². The Morgan fingerprint density at radius 1 is 1.40 bits per heavy atom. The van der Waals surface area contributed by atoms with E-state index in [9.17, 15) is 9.18 Å². The zero-order chi connectivity index (χ0) is 11.2. The van der Waals surface area contributed by atoms with Crippen molar-refractivity contribution in [2.75, 3.05) is 0 Å². The Morgan fingerprint density at radius 3 is 2.47 bits per heavy atom. The van der Waals surface area contributed by atoms with Crippen molar-refractivity contribution in [1.29, 1.82) is 0 Å². The smallest absolute Gasteiger partial charge is 0.410 e. The lowest BCUT2D eigenvalue weighted by Crippen LogP contribution is -2.40. The second-order valence-corrected chi connectivity index (χ2v) is 5.44. The van der Waals surface area contributed by atoms with Crippen molar-refractivity contribution in [1.82, 2.24) is 4.90 Å². The van der Waals surface area contributed by atoms with Crippen LogP contribution in [0.4, 0.5) is 9.18 Å². The Balaban J connectivity index is 2.03. The van der Waals surface area contributed by atoms with Crippen molar-refractivity contribution >= 4 is 6.09 Å². The van der Waals surface area contributed by atoms with Crippen LogP contribution in [0, 0.1) is 0 Å². The van der Waals surface area contributed by atoms with E-state index in [2.05, 4.69) is 0 Å². The molecule has 15 heavy (non-hydrogen) atoms. The normalized spacial score (nSPS) is 34.7. The summed E-state index contributed by atoms with van der Waals surface area (Å²) in [6.45, 7) is 5.49. The molecule has 0 spiro atoms. The van der Waals surface area contributed by atoms with E-state index in [0.717, 1.165) is 12.8 Å². The molecule has 4 heteroatoms. The third-order valence-electron chi connectivity index (χ3n) is 3.07. The molecule has 0 aromatic rings. The van der Waals surface area contributed by atoms with Crippen molar-refractivity contribution in [2.24, 2.45) is 0 Å². The van der Waals surface area contributed by atoms with Crippen molar-refractivity contribution in [2.45, 2.75) is 63.9 Å². The molecule has 3 unspecified atom stereocenters. The molecule has 1 amide bonds. The molecule has 0 saturated carbocycles. The molecule has 2 aliphatic heterocycles. The maximum atomic E-state index is 13.4. The molecule has 0 N–H and O–H groups in total. The highest BCUT2D eigenvalue weighted by Crippen LogP contribution is 2.40. The van der Waals surface area contributed by atoms with Crippen molar-refractivity contribution in [3.63, 3.8) is 0 Å². The SMILES string of the molecule is CC(C)(C)OC(=O)N1C2CCC1C(F)C2. The molecule has 0 aromatic heterocycles. The molecule has 3 atom stereocenters. The van der Waals surface area contributed by atoms with Crippen LogP contribution in [0.5, 0.6) is 0 Å². The molecule has 0 aromatic carbocycles. The van der Waals surface area contributed by atoms with Gasteiger partial charge in [0.05, 0.1) is 6.04 Å². The minimum Gasteiger partial charge on any atom is -0.444 e. The molecular formula is C11H18FNO2. The molecular weight excluding hydrogens is 197 g/mol. The number of halogens is 1. The van der Waals surface area contributed by atoms with Gasteiger partial charge in [0, 0.05) is 12.5 Å². The second kappa shape index (κ2) is 3.35. The Morgan fingerprint density at radius 2 is 2.07 bits per heavy atom. The van der Waals surface area contributed by atoms with Crippen LogP contribution in [-0.4, -0.2) is 34.8 Å². The quantitative estimate of drug-likeness (QED) is 0.621. The highest BCUT2D eigenvalue weighted by atomic mass is 19.1. The van der Waals surface area contributed by atoms with Crippen molar-refractivity contribution in [3.8, 4) is 0 Å². The van der Waals surface area contributed by atoms with Crippen LogP contribution in [-0.2, 0) is 4.74 Å². The van der Waals surface area contributed by atoms with E-state index in [1.54, 1.807) is 4.90 Å². The fourth-order valence-electron chi connectivity index (χ4n) is 2.51. The predicted octanol–water partition coefficient (Wildman–Crippen LogP) is 2.50. The third-order valence-corrected chi connectivity index (χ3v) is 3.07. The monoisotopic (exact) mass is 215 g/mol. The summed E-state index contributed by atoms with van der Waals surface area (Å²) >= 11 is 0. The van der Waals surface area contributed by atoms with E-state index in [4.69, 9.17) is 4.74 Å². The first-order valence-electron chi connectivity index (χ1n) is 5.54. The number of carbonyl (C=O) groups is 1. The lowest BCUT2D eigenvalue weighted by atomic mass is 9.99. The van der Waals surface area contributed by atoms with E-state index in [0.29, 0.717) is 6.42 Å². The number of nitrogens with zero attached hydrogens (tertiary/aromatic N) is 1. The molecule has 0 radical (unpaired) electrons. The van der Waals surface area contributed by atoms with E-state index >= 15 is 0 Å². The van der Waals surface area contributed by atoms with Gasteiger partial charge in [-0.2, -0.15) is 0 Å². The summed E-state index contributed by atoms with van der Waals surface area (Å²) in [5.41, 5.74) is -0.495. The second-order valence-electron chi connectivity index (χ2n) is 5.44. The van der Waals surface area contributed by atoms with Crippen LogP contribution < -0.4 is 0 Å². The van der Waals surface area contributed by atoms with E-state index in [-0.39, 0.29) is 18.2 Å². The summed E-state index contributed by atoms with van der Waals surface area (Å²) in [6.07, 6.45) is 0.991. The zero-order valence-electron chi connectivity index (χ0n) is 9.50. The highest BCUT2D eigenvalue weighted by Gasteiger charge is 2.50. The summed E-state index contributed by atoms with van der Waals surface area (Å²) in [5, 5.41) is 0. The fourth-order valence-corrected chi connectivity index (χ4v) is 2.51. The fraction of sp³-hybridized carbons (Fsp3) is 0.909. The van der Waals surface area contributed by atoms with E-state index < -0.39 is 11.8 Å². The maximum absolute atomic E-state index is 13.4. The average Bonchev–Trinajstić information content (AvgIpc) is 2.55. The van der Waals surface area contributed by atoms with Crippen LogP contribution in [0.15, 0.2) is 0 Å². The van der Waals surface area contributed by atoms with Gasteiger partial charge < -0.3 is 4.74 Å². The van der Waals surface area contributed by atoms with E-state index in [1.807, 2.05) is 20.8 Å². The predicted molar refractivity (Wildman–Crippen MR) is 54.4 cm³/mol. The van der Waals surface area contributed by atoms with Crippen LogP contribution >= 0.6 is 0 Å². The minimum atomic E-state index is -0.851. The van der Waals surface area contributed by atoms with Gasteiger partial charge in [-0.05, 0) is 33.6 Å². The summed E-state index contributed by atoms with van der Waals surface area (Å²) in [4.78, 5) is 13.4. The summed E-state index contributed by atoms with van der Waals surface area (Å²) in [6, 6.07) is -0.162. The lowest BCUT2D eigenvalue weighted by molar-refractivity contribution is 0.0198. The van der Waals surface area contributed by atoms with Crippen LogP contribution in [0.1, 0.15) is 40.0 Å². The third kappa shape index (κ3) is 1.94. The molecule has 2 bridgehead atoms. The first-order chi connectivity index (χ1) is 6.88. The molecule has 3 nitrogen and oxygen atoms in total. The molecule has 0 aliphatic carbocycles. The van der Waals surface area contributed by atoms with E-state index in [1.165, 1.54) is 0 Å². The van der Waals surface area contributed by atoms with Gasteiger partial charge in [-0.15, -0.1) is 0 Å². The van der Waals surface area contributed by atoms with Crippen molar-refractivity contribution in [3.05, 3.63) is 0 Å². The van der Waals surface area contributed by atoms with Gasteiger partial charge in [0.2, 0.25) is 0 Å². The van der Waals surface area contributed by atoms with Crippen LogP contribution in [0.25, 0.3) is 0 Å². The van der Waals surface area contributed by atoms with Crippen LogP contribution in [0.3, 0.4) is 0 Å². The molecule has 2 saturated heterocycles. The number of fused-ring (bicyclic) bond motifs is 2. The number of rotatable bonds is 0. The van der Waals surface area contributed by atoms with Gasteiger partial charge >= 0.3 is 6.09 Å². The summed E-state index contributed by atoms with van der Waals surface area (Å²) in [7, 11) is 0. The number of alkyl halides is 1. The molecule has 2 heterocycles. The molecule has 2 aliphatic rings. The Bertz CT molecular complexity index is 274. The summed E-state index contributed by atoms with van der Waals surface area (Å²) < 4.78 is 18.7. The van der Waals surface area contributed by atoms with Gasteiger partial charge in [0.1, 0.15) is 11.8 Å². The number of ether oxygens (including phenoxy) is 1. The van der Waals surface area contributed by atoms with Crippen LogP contribution in [0.2, 0.25) is 0 Å². The molecule has 2 rings (SSSR count). The maximum Gasteiger partial charge on any atom is 0.410 e. The molecule has 2 fully saturated rings. The zero-order valence-corrected chi connectivity index (χ0v) is 9.50. The first-order valence-corrected chi connectivity index (χ1v) is 5.54. The number of hydrogen-bond acceptors (Lipinski definition) is 2. The topological polar surface area (TPSA) is 29.5 Å². The molecule has 86 valence electrons. The Labute approximate surface area is 89.6 Å². The number of hydrogen-bond donors (Lipinski definition) is 0. The average molecular weight is 215 g/mol. The minimum absolute atomic E-state index is 0.0693. The Kier molecular flexibility index (Phi) is 2.40. The number of amides is 1. The first kappa shape index (κ1) is 10.7. The standard InChI is InChI=1S/C11H18FNO2/c1-11(2,3)15-10(14)13-7-4-5-9(13)8(12)6-7/h7-9H,4-6H2,1-3H3. The summed E-state index contributed by atoms with van der Waals surface area (Å²) in [5.74, 6) is 0. The van der Waals surface area contributed by atoms with Gasteiger partial charge in [0.25, 0.3) is 0 Å². The van der Waals surface area contributed by atoms with Gasteiger partial charge in [0.15, 0.2) is 0 Å². The highest BCUT2D eigenvalue weighted by molar-refractivity contribution is 5.70. The van der Waals surface area contributed by atoms with Gasteiger partial charge in [-0.3, -0.25) is 4.90 Å². The van der Waals surface area contributed by atoms with Crippen molar-refractivity contribution < 1.29 is 13.9 Å². The largest absolute Gasteiger partial charge is 0.444 e. The van der Waals surface area contributed by atoms with Gasteiger partial charge in [-0.25, -0.2) is 9.18 Å². The Hall–Kier alpha value is -0.800. The number of carbonyl (C=O) groups excluding carboxylic acids is 1.